The summed E-state index contributed by atoms with van der Waals surface area (Å²) >= 11 is 8.77. The van der Waals surface area contributed by atoms with Gasteiger partial charge in [-0.05, 0) is 51.8 Å². The number of halogens is 9. The molecule has 29 heavy (non-hydrogen) atoms. The highest BCUT2D eigenvalue weighted by Gasteiger charge is 2.40. The Morgan fingerprint density at radius 2 is 1.69 bits per heavy atom. The number of hydrogen-bond acceptors (Lipinski definition) is 1. The van der Waals surface area contributed by atoms with Crippen molar-refractivity contribution in [2.75, 3.05) is 0 Å². The lowest BCUT2D eigenvalue weighted by Crippen LogP contribution is -2.19. The van der Waals surface area contributed by atoms with E-state index in [4.69, 9.17) is 16.7 Å². The number of carboxylic acid groups (broad SMARTS) is 1. The van der Waals surface area contributed by atoms with Gasteiger partial charge in [-0.3, -0.25) is 0 Å². The maximum absolute atomic E-state index is 14.5. The van der Waals surface area contributed by atoms with Gasteiger partial charge in [0.2, 0.25) is 0 Å². The van der Waals surface area contributed by atoms with Gasteiger partial charge in [0.15, 0.2) is 0 Å². The second-order valence-corrected chi connectivity index (χ2v) is 7.03. The van der Waals surface area contributed by atoms with E-state index in [-0.39, 0.29) is 17.2 Å². The van der Waals surface area contributed by atoms with Crippen LogP contribution in [0, 0.1) is 0 Å². The third-order valence-electron chi connectivity index (χ3n) is 3.80. The molecule has 0 amide bonds. The van der Waals surface area contributed by atoms with Crippen molar-refractivity contribution in [1.29, 1.82) is 0 Å². The minimum atomic E-state index is -5.15. The molecule has 0 spiro atoms. The van der Waals surface area contributed by atoms with Gasteiger partial charge in [0.1, 0.15) is 11.7 Å². The van der Waals surface area contributed by atoms with Gasteiger partial charge in [0.05, 0.1) is 16.1 Å². The maximum atomic E-state index is 14.5. The fourth-order valence-corrected chi connectivity index (χ4v) is 2.88. The standard InChI is InChI=1S/C18H9BrClF7O2/c19-13-4-2-8(6-14(13)20)11(17(22,23)24)7-15(21)9-1-3-10(16(28)29)12(5-9)18(25,26)27/h1-7,11H,(H,28,29). The van der Waals surface area contributed by atoms with Crippen LogP contribution in [-0.4, -0.2) is 17.3 Å². The second-order valence-electron chi connectivity index (χ2n) is 5.77. The molecule has 2 aromatic carbocycles. The predicted octanol–water partition coefficient (Wildman–Crippen LogP) is 7.48. The van der Waals surface area contributed by atoms with Gasteiger partial charge >= 0.3 is 18.3 Å². The number of benzene rings is 2. The molecule has 0 fully saturated rings. The molecule has 0 aliphatic heterocycles. The van der Waals surface area contributed by atoms with Crippen LogP contribution >= 0.6 is 27.5 Å². The average molecular weight is 506 g/mol. The Morgan fingerprint density at radius 1 is 1.07 bits per heavy atom. The third-order valence-corrected chi connectivity index (χ3v) is 5.03. The lowest BCUT2D eigenvalue weighted by molar-refractivity contribution is -0.140. The predicted molar refractivity (Wildman–Crippen MR) is 95.4 cm³/mol. The van der Waals surface area contributed by atoms with E-state index < -0.39 is 52.3 Å². The van der Waals surface area contributed by atoms with Crippen LogP contribution in [0.2, 0.25) is 5.02 Å². The van der Waals surface area contributed by atoms with E-state index in [1.54, 1.807) is 0 Å². The molecule has 0 bridgehead atoms. The number of aromatic carboxylic acids is 1. The molecule has 2 aromatic rings. The Balaban J connectivity index is 2.58. The summed E-state index contributed by atoms with van der Waals surface area (Å²) in [4.78, 5) is 10.9. The summed E-state index contributed by atoms with van der Waals surface area (Å²) < 4.78 is 94.2. The van der Waals surface area contributed by atoms with Crippen LogP contribution in [0.15, 0.2) is 46.9 Å². The topological polar surface area (TPSA) is 37.3 Å². The third kappa shape index (κ3) is 5.51. The molecule has 1 unspecified atom stereocenters. The zero-order valence-electron chi connectivity index (χ0n) is 13.9. The van der Waals surface area contributed by atoms with Gasteiger partial charge in [-0.2, -0.15) is 26.3 Å². The fourth-order valence-electron chi connectivity index (χ4n) is 2.44. The van der Waals surface area contributed by atoms with Gasteiger partial charge < -0.3 is 5.11 Å². The highest BCUT2D eigenvalue weighted by Crippen LogP contribution is 2.41. The van der Waals surface area contributed by atoms with Crippen LogP contribution in [0.4, 0.5) is 30.7 Å². The van der Waals surface area contributed by atoms with Crippen molar-refractivity contribution in [2.45, 2.75) is 18.3 Å². The first-order chi connectivity index (χ1) is 13.2. The van der Waals surface area contributed by atoms with Crippen LogP contribution in [0.5, 0.6) is 0 Å². The van der Waals surface area contributed by atoms with Crippen molar-refractivity contribution in [2.24, 2.45) is 0 Å². The molecule has 1 atom stereocenters. The van der Waals surface area contributed by atoms with E-state index >= 15 is 0 Å². The lowest BCUT2D eigenvalue weighted by atomic mass is 9.95. The highest BCUT2D eigenvalue weighted by molar-refractivity contribution is 9.10. The van der Waals surface area contributed by atoms with Gasteiger partial charge in [-0.15, -0.1) is 0 Å². The summed E-state index contributed by atoms with van der Waals surface area (Å²) in [7, 11) is 0. The summed E-state index contributed by atoms with van der Waals surface area (Å²) in [5.74, 6) is -6.01. The second kappa shape index (κ2) is 8.35. The van der Waals surface area contributed by atoms with Crippen LogP contribution in [0.1, 0.15) is 33.0 Å². The Bertz CT molecular complexity index is 968. The summed E-state index contributed by atoms with van der Waals surface area (Å²) in [6, 6.07) is 4.48. The molecule has 2 nitrogen and oxygen atoms in total. The highest BCUT2D eigenvalue weighted by atomic mass is 79.9. The van der Waals surface area contributed by atoms with Crippen molar-refractivity contribution >= 4 is 39.3 Å². The molecule has 0 saturated carbocycles. The minimum Gasteiger partial charge on any atom is -0.478 e. The average Bonchev–Trinajstić information content (AvgIpc) is 2.59. The van der Waals surface area contributed by atoms with Crippen molar-refractivity contribution < 1.29 is 40.6 Å². The van der Waals surface area contributed by atoms with E-state index in [1.165, 1.54) is 6.07 Å². The molecule has 0 aromatic heterocycles. The number of carbonyl (C=O) groups is 1. The Labute approximate surface area is 172 Å². The van der Waals surface area contributed by atoms with Crippen molar-refractivity contribution in [1.82, 2.24) is 0 Å². The van der Waals surface area contributed by atoms with Crippen LogP contribution in [-0.2, 0) is 6.18 Å². The molecule has 11 heteroatoms. The van der Waals surface area contributed by atoms with Gasteiger partial charge in [-0.25, -0.2) is 9.18 Å². The molecule has 1 N–H and O–H groups in total. The first-order valence-corrected chi connectivity index (χ1v) is 8.72. The molecule has 0 aliphatic rings. The van der Waals surface area contributed by atoms with Gasteiger partial charge in [0.25, 0.3) is 0 Å². The Kier molecular flexibility index (Phi) is 6.68. The molecular weight excluding hydrogens is 497 g/mol. The maximum Gasteiger partial charge on any atom is 0.417 e. The normalized spacial score (nSPS) is 14.0. The van der Waals surface area contributed by atoms with Crippen LogP contribution < -0.4 is 0 Å². The molecule has 0 radical (unpaired) electrons. The van der Waals surface area contributed by atoms with Crippen LogP contribution in [0.3, 0.4) is 0 Å². The Morgan fingerprint density at radius 3 is 2.17 bits per heavy atom. The van der Waals surface area contributed by atoms with Gasteiger partial charge in [0, 0.05) is 10.0 Å². The monoisotopic (exact) mass is 504 g/mol. The van der Waals surface area contributed by atoms with Gasteiger partial charge in [-0.1, -0.05) is 23.7 Å². The molecular formula is C18H9BrClF7O2. The molecule has 2 rings (SSSR count). The van der Waals surface area contributed by atoms with Crippen molar-refractivity contribution in [3.8, 4) is 0 Å². The first-order valence-electron chi connectivity index (χ1n) is 7.55. The molecule has 156 valence electrons. The summed E-state index contributed by atoms with van der Waals surface area (Å²) in [5.41, 5.74) is -4.11. The van der Waals surface area contributed by atoms with E-state index in [9.17, 15) is 35.5 Å². The van der Waals surface area contributed by atoms with Crippen molar-refractivity contribution in [3.05, 3.63) is 74.2 Å². The first kappa shape index (κ1) is 23.2. The SMILES string of the molecule is O=C(O)c1ccc(C(F)=CC(c2ccc(Br)c(Cl)c2)C(F)(F)F)cc1C(F)(F)F. The lowest BCUT2D eigenvalue weighted by Gasteiger charge is -2.18. The number of carboxylic acids is 1. The number of rotatable bonds is 4. The minimum absolute atomic E-state index is 0.0734. The molecule has 0 saturated heterocycles. The zero-order valence-corrected chi connectivity index (χ0v) is 16.2. The largest absolute Gasteiger partial charge is 0.478 e. The van der Waals surface area contributed by atoms with E-state index in [0.29, 0.717) is 16.6 Å². The fraction of sp³-hybridized carbons (Fsp3) is 0.167. The van der Waals surface area contributed by atoms with E-state index in [0.717, 1.165) is 12.1 Å². The number of alkyl halides is 6. The Hall–Kier alpha value is -2.07. The van der Waals surface area contributed by atoms with E-state index in [1.807, 2.05) is 0 Å². The van der Waals surface area contributed by atoms with E-state index in [2.05, 4.69) is 15.9 Å². The molecule has 0 aliphatic carbocycles. The summed E-state index contributed by atoms with van der Waals surface area (Å²) in [5, 5.41) is 8.76. The molecule has 0 heterocycles. The summed E-state index contributed by atoms with van der Waals surface area (Å²) in [6.45, 7) is 0. The smallest absolute Gasteiger partial charge is 0.417 e. The quantitative estimate of drug-likeness (QED) is 0.438. The summed E-state index contributed by atoms with van der Waals surface area (Å²) in [6.07, 6.45) is -10.0. The van der Waals surface area contributed by atoms with Crippen LogP contribution in [0.25, 0.3) is 5.83 Å². The number of allylic oxidation sites excluding steroid dienone is 1. The zero-order chi connectivity index (χ0) is 22.1. The van der Waals surface area contributed by atoms with Crippen molar-refractivity contribution in [3.63, 3.8) is 0 Å². The number of hydrogen-bond donors (Lipinski definition) is 1.